The van der Waals surface area contributed by atoms with Crippen molar-refractivity contribution in [1.82, 2.24) is 0 Å². The van der Waals surface area contributed by atoms with Gasteiger partial charge < -0.3 is 14.4 Å². The summed E-state index contributed by atoms with van der Waals surface area (Å²) in [6.07, 6.45) is 0. The second kappa shape index (κ2) is 6.47. The van der Waals surface area contributed by atoms with Crippen LogP contribution in [0.5, 0.6) is 5.75 Å². The van der Waals surface area contributed by atoms with Gasteiger partial charge in [0.25, 0.3) is 0 Å². The van der Waals surface area contributed by atoms with Gasteiger partial charge in [-0.3, -0.25) is 0 Å². The third-order valence-corrected chi connectivity index (χ3v) is 2.32. The van der Waals surface area contributed by atoms with Gasteiger partial charge in [-0.1, -0.05) is 0 Å². The van der Waals surface area contributed by atoms with E-state index in [1.54, 1.807) is 0 Å². The fourth-order valence-corrected chi connectivity index (χ4v) is 1.34. The Hall–Kier alpha value is -0.110. The molecule has 0 radical (unpaired) electrons. The van der Waals surface area contributed by atoms with E-state index in [1.807, 2.05) is 0 Å². The van der Waals surface area contributed by atoms with E-state index in [0.29, 0.717) is 5.75 Å². The molecule has 1 aromatic rings. The molecule has 0 heterocycles. The molecule has 0 aromatic heterocycles. The molecule has 1 aromatic carbocycles. The molecule has 0 aliphatic carbocycles. The Bertz CT molecular complexity index is 386. The van der Waals surface area contributed by atoms with Crippen molar-refractivity contribution in [3.63, 3.8) is 0 Å². The van der Waals surface area contributed by atoms with Gasteiger partial charge in [-0.05, 0) is 24.3 Å². The van der Waals surface area contributed by atoms with Gasteiger partial charge in [-0.2, -0.15) is 0 Å². The van der Waals surface area contributed by atoms with Crippen LogP contribution in [0.3, 0.4) is 0 Å². The Kier molecular flexibility index (Phi) is 6.42. The van der Waals surface area contributed by atoms with Crippen LogP contribution in [-0.4, -0.2) is 31.3 Å². The average molecular weight is 240 g/mol. The standard InChI is InChI=1S/C8H10O5S.Na/c9-5-6-13-7-1-3-8(4-2-7)14(10,11)12;/h1-4,9H,5-6H2,(H,10,11,12);/q;+1/p-1. The third kappa shape index (κ3) is 4.96. The maximum atomic E-state index is 10.5. The number of aliphatic hydroxyl groups excluding tert-OH is 1. The topological polar surface area (TPSA) is 86.7 Å². The molecule has 5 nitrogen and oxygen atoms in total. The van der Waals surface area contributed by atoms with Crippen LogP contribution in [-0.2, 0) is 10.1 Å². The molecule has 0 spiro atoms. The maximum Gasteiger partial charge on any atom is 1.00 e. The van der Waals surface area contributed by atoms with E-state index in [-0.39, 0.29) is 47.7 Å². The molecular weight excluding hydrogens is 231 g/mol. The first kappa shape index (κ1) is 14.9. The minimum Gasteiger partial charge on any atom is -0.744 e. The van der Waals surface area contributed by atoms with Gasteiger partial charge in [-0.15, -0.1) is 0 Å². The summed E-state index contributed by atoms with van der Waals surface area (Å²) in [5.74, 6) is 0.409. The Balaban J connectivity index is 0.00000196. The minimum absolute atomic E-state index is 0. The molecule has 0 atom stereocenters. The smallest absolute Gasteiger partial charge is 0.744 e. The number of rotatable bonds is 4. The third-order valence-electron chi connectivity index (χ3n) is 1.47. The van der Waals surface area contributed by atoms with Crippen LogP contribution >= 0.6 is 0 Å². The van der Waals surface area contributed by atoms with Crippen LogP contribution in [0, 0.1) is 0 Å². The Morgan fingerprint density at radius 1 is 1.27 bits per heavy atom. The molecule has 0 amide bonds. The zero-order chi connectivity index (χ0) is 10.6. The van der Waals surface area contributed by atoms with Crippen molar-refractivity contribution < 1.29 is 52.4 Å². The quantitative estimate of drug-likeness (QED) is 0.447. The number of benzene rings is 1. The molecule has 1 rings (SSSR count). The molecule has 15 heavy (non-hydrogen) atoms. The average Bonchev–Trinajstić information content (AvgIpc) is 2.14. The van der Waals surface area contributed by atoms with Crippen molar-refractivity contribution in [2.45, 2.75) is 4.90 Å². The van der Waals surface area contributed by atoms with Gasteiger partial charge in [0.2, 0.25) is 0 Å². The normalized spacial score (nSPS) is 10.5. The predicted molar refractivity (Wildman–Crippen MR) is 47.0 cm³/mol. The first-order valence-corrected chi connectivity index (χ1v) is 5.24. The SMILES string of the molecule is O=S(=O)([O-])c1ccc(OCCO)cc1.[Na+]. The molecule has 0 aliphatic heterocycles. The van der Waals surface area contributed by atoms with E-state index in [0.717, 1.165) is 12.1 Å². The molecule has 0 saturated heterocycles. The Labute approximate surface area is 110 Å². The zero-order valence-corrected chi connectivity index (χ0v) is 11.0. The molecule has 0 aliphatic rings. The number of aliphatic hydroxyl groups is 1. The first-order chi connectivity index (χ1) is 6.54. The maximum absolute atomic E-state index is 10.5. The molecule has 1 N–H and O–H groups in total. The van der Waals surface area contributed by atoms with Crippen molar-refractivity contribution in [1.29, 1.82) is 0 Å². The van der Waals surface area contributed by atoms with E-state index < -0.39 is 10.1 Å². The van der Waals surface area contributed by atoms with E-state index in [4.69, 9.17) is 9.84 Å². The monoisotopic (exact) mass is 240 g/mol. The molecule has 0 bridgehead atoms. The van der Waals surface area contributed by atoms with Crippen molar-refractivity contribution >= 4 is 10.1 Å². The van der Waals surface area contributed by atoms with E-state index in [1.165, 1.54) is 12.1 Å². The van der Waals surface area contributed by atoms with Crippen LogP contribution in [0.4, 0.5) is 0 Å². The van der Waals surface area contributed by atoms with Crippen molar-refractivity contribution in [3.8, 4) is 5.75 Å². The van der Waals surface area contributed by atoms with E-state index >= 15 is 0 Å². The fraction of sp³-hybridized carbons (Fsp3) is 0.250. The van der Waals surface area contributed by atoms with Crippen LogP contribution < -0.4 is 34.3 Å². The summed E-state index contributed by atoms with van der Waals surface area (Å²) in [5, 5.41) is 8.44. The molecule has 0 fully saturated rings. The van der Waals surface area contributed by atoms with Crippen LogP contribution in [0.25, 0.3) is 0 Å². The summed E-state index contributed by atoms with van der Waals surface area (Å²) in [4.78, 5) is -0.297. The number of hydrogen-bond donors (Lipinski definition) is 1. The molecular formula is C8H9NaO5S. The summed E-state index contributed by atoms with van der Waals surface area (Å²) in [5.41, 5.74) is 0. The summed E-state index contributed by atoms with van der Waals surface area (Å²) in [6.45, 7) is 0.00504. The summed E-state index contributed by atoms with van der Waals surface area (Å²) >= 11 is 0. The largest absolute Gasteiger partial charge is 1.00 e. The van der Waals surface area contributed by atoms with Gasteiger partial charge in [0.05, 0.1) is 11.5 Å². The minimum atomic E-state index is -4.40. The van der Waals surface area contributed by atoms with Gasteiger partial charge in [0.15, 0.2) is 0 Å². The fourth-order valence-electron chi connectivity index (χ4n) is 0.866. The Morgan fingerprint density at radius 2 is 1.80 bits per heavy atom. The van der Waals surface area contributed by atoms with Crippen LogP contribution in [0.2, 0.25) is 0 Å². The molecule has 7 heteroatoms. The first-order valence-electron chi connectivity index (χ1n) is 3.83. The molecule has 0 saturated carbocycles. The summed E-state index contributed by atoms with van der Waals surface area (Å²) in [6, 6.07) is 5.05. The van der Waals surface area contributed by atoms with Gasteiger partial charge in [0.1, 0.15) is 22.5 Å². The predicted octanol–water partition coefficient (Wildman–Crippen LogP) is -3.03. The second-order valence-electron chi connectivity index (χ2n) is 2.50. The van der Waals surface area contributed by atoms with Crippen LogP contribution in [0.1, 0.15) is 0 Å². The van der Waals surface area contributed by atoms with Gasteiger partial charge in [0, 0.05) is 0 Å². The van der Waals surface area contributed by atoms with Crippen molar-refractivity contribution in [2.75, 3.05) is 13.2 Å². The Morgan fingerprint density at radius 3 is 2.20 bits per heavy atom. The number of hydrogen-bond acceptors (Lipinski definition) is 5. The molecule has 78 valence electrons. The van der Waals surface area contributed by atoms with Crippen LogP contribution in [0.15, 0.2) is 29.2 Å². The van der Waals surface area contributed by atoms with Gasteiger partial charge in [-0.25, -0.2) is 8.42 Å². The van der Waals surface area contributed by atoms with Crippen molar-refractivity contribution in [2.24, 2.45) is 0 Å². The summed E-state index contributed by atoms with van der Waals surface area (Å²) in [7, 11) is -4.40. The van der Waals surface area contributed by atoms with Crippen molar-refractivity contribution in [3.05, 3.63) is 24.3 Å². The summed E-state index contributed by atoms with van der Waals surface area (Å²) < 4.78 is 36.5. The van der Waals surface area contributed by atoms with E-state index in [9.17, 15) is 13.0 Å². The van der Waals surface area contributed by atoms with Gasteiger partial charge >= 0.3 is 29.6 Å². The molecule has 0 unspecified atom stereocenters. The zero-order valence-electron chi connectivity index (χ0n) is 8.21. The van der Waals surface area contributed by atoms with E-state index in [2.05, 4.69) is 0 Å². The number of ether oxygens (including phenoxy) is 1. The second-order valence-corrected chi connectivity index (χ2v) is 3.88.